The molecule has 0 heterocycles. The fourth-order valence-corrected chi connectivity index (χ4v) is 4.53. The summed E-state index contributed by atoms with van der Waals surface area (Å²) in [7, 11) is 0. The highest BCUT2D eigenvalue weighted by atomic mass is 79.9. The highest BCUT2D eigenvalue weighted by Crippen LogP contribution is 2.34. The first-order valence-electron chi connectivity index (χ1n) is 12.7. The Morgan fingerprint density at radius 1 is 0.742 bits per heavy atom. The van der Waals surface area contributed by atoms with E-state index in [4.69, 9.17) is 14.2 Å². The van der Waals surface area contributed by atoms with Gasteiger partial charge in [-0.25, -0.2) is 0 Å². The van der Waals surface area contributed by atoms with E-state index in [1.807, 2.05) is 20.8 Å². The monoisotopic (exact) mass is 498 g/mol. The van der Waals surface area contributed by atoms with Crippen LogP contribution in [-0.2, 0) is 20.6 Å². The van der Waals surface area contributed by atoms with E-state index in [2.05, 4.69) is 54.0 Å². The van der Waals surface area contributed by atoms with Gasteiger partial charge in [0.05, 0.1) is 0 Å². The summed E-state index contributed by atoms with van der Waals surface area (Å²) in [5.41, 5.74) is 2.72. The second-order valence-electron chi connectivity index (χ2n) is 8.31. The number of benzene rings is 1. The van der Waals surface area contributed by atoms with Crippen molar-refractivity contribution in [1.82, 2.24) is 0 Å². The fourth-order valence-electron chi connectivity index (χ4n) is 4.22. The topological polar surface area (TPSA) is 27.7 Å². The van der Waals surface area contributed by atoms with E-state index >= 15 is 0 Å². The number of alkyl halides is 1. The Bertz CT molecular complexity index is 529. The third-order valence-corrected chi connectivity index (χ3v) is 7.10. The molecule has 0 saturated heterocycles. The van der Waals surface area contributed by atoms with Gasteiger partial charge in [0, 0.05) is 30.6 Å². The molecule has 4 heteroatoms. The molecule has 3 nitrogen and oxygen atoms in total. The second kappa shape index (κ2) is 17.1. The minimum absolute atomic E-state index is 0.220. The molecule has 31 heavy (non-hydrogen) atoms. The van der Waals surface area contributed by atoms with Gasteiger partial charge >= 0.3 is 0 Å². The average molecular weight is 500 g/mol. The Labute approximate surface area is 200 Å². The van der Waals surface area contributed by atoms with Crippen LogP contribution in [-0.4, -0.2) is 25.8 Å². The number of hydrogen-bond donors (Lipinski definition) is 0. The quantitative estimate of drug-likeness (QED) is 0.108. The lowest BCUT2D eigenvalue weighted by atomic mass is 9.90. The molecule has 1 rings (SSSR count). The molecule has 0 aliphatic heterocycles. The Hall–Kier alpha value is -0.420. The van der Waals surface area contributed by atoms with Gasteiger partial charge in [0.15, 0.2) is 0 Å². The van der Waals surface area contributed by atoms with Gasteiger partial charge in [-0.15, -0.1) is 0 Å². The molecular formula is C27H47BrO3. The van der Waals surface area contributed by atoms with Crippen molar-refractivity contribution in [3.63, 3.8) is 0 Å². The zero-order valence-electron chi connectivity index (χ0n) is 20.8. The lowest BCUT2D eigenvalue weighted by Gasteiger charge is -2.39. The Morgan fingerprint density at radius 3 is 1.81 bits per heavy atom. The largest absolute Gasteiger partial charge is 0.328 e. The van der Waals surface area contributed by atoms with Crippen LogP contribution in [0.3, 0.4) is 0 Å². The second-order valence-corrected chi connectivity index (χ2v) is 9.42. The van der Waals surface area contributed by atoms with E-state index < -0.39 is 5.97 Å². The van der Waals surface area contributed by atoms with Crippen LogP contribution in [0, 0.1) is 5.92 Å². The zero-order chi connectivity index (χ0) is 23.0. The van der Waals surface area contributed by atoms with Gasteiger partial charge < -0.3 is 14.2 Å². The van der Waals surface area contributed by atoms with Crippen molar-refractivity contribution >= 4 is 15.9 Å². The van der Waals surface area contributed by atoms with E-state index in [1.165, 1.54) is 49.7 Å². The molecule has 0 bridgehead atoms. The molecule has 0 aliphatic carbocycles. The number of unbranched alkanes of at least 4 members (excludes halogenated alkanes) is 5. The molecule has 2 unspecified atom stereocenters. The summed E-state index contributed by atoms with van der Waals surface area (Å²) in [5, 5.41) is 0. The van der Waals surface area contributed by atoms with Crippen LogP contribution >= 0.6 is 15.9 Å². The van der Waals surface area contributed by atoms with Gasteiger partial charge in [-0.3, -0.25) is 0 Å². The number of hydrogen-bond acceptors (Lipinski definition) is 3. The minimum atomic E-state index is -0.926. The van der Waals surface area contributed by atoms with Gasteiger partial charge in [-0.1, -0.05) is 92.6 Å². The standard InChI is InChI=1S/C27H47BrO3/c1-6-11-12-13-14-15-16-25(27(29-8-3,30-9-4)31-10-5)22-19-23-17-20-24(21-18-23)26(28)7-2/h17-18,20-21,25-26H,6-16,19,22H2,1-5H3. The smallest absolute Gasteiger partial charge is 0.285 e. The fraction of sp³-hybridized carbons (Fsp3) is 0.778. The molecular weight excluding hydrogens is 452 g/mol. The van der Waals surface area contributed by atoms with E-state index in [9.17, 15) is 0 Å². The summed E-state index contributed by atoms with van der Waals surface area (Å²) in [6, 6.07) is 9.04. The van der Waals surface area contributed by atoms with E-state index in [-0.39, 0.29) is 5.92 Å². The summed E-state index contributed by atoms with van der Waals surface area (Å²) in [5.74, 6) is -0.706. The molecule has 0 spiro atoms. The van der Waals surface area contributed by atoms with Crippen LogP contribution in [0.15, 0.2) is 24.3 Å². The Morgan fingerprint density at radius 2 is 1.29 bits per heavy atom. The van der Waals surface area contributed by atoms with E-state index in [1.54, 1.807) is 0 Å². The highest BCUT2D eigenvalue weighted by molar-refractivity contribution is 9.09. The Kier molecular flexibility index (Phi) is 15.8. The predicted octanol–water partition coefficient (Wildman–Crippen LogP) is 8.60. The third-order valence-electron chi connectivity index (χ3n) is 5.92. The molecule has 0 radical (unpaired) electrons. The Balaban J connectivity index is 2.86. The molecule has 180 valence electrons. The van der Waals surface area contributed by atoms with E-state index in [0.717, 1.165) is 25.7 Å². The first kappa shape index (κ1) is 28.6. The van der Waals surface area contributed by atoms with Crippen molar-refractivity contribution in [1.29, 1.82) is 0 Å². The maximum absolute atomic E-state index is 6.17. The summed E-state index contributed by atoms with van der Waals surface area (Å²) in [6.07, 6.45) is 11.9. The van der Waals surface area contributed by atoms with Crippen LogP contribution in [0.1, 0.15) is 108 Å². The lowest BCUT2D eigenvalue weighted by molar-refractivity contribution is -0.403. The molecule has 1 aromatic carbocycles. The van der Waals surface area contributed by atoms with Crippen LogP contribution in [0.2, 0.25) is 0 Å². The third kappa shape index (κ3) is 10.4. The van der Waals surface area contributed by atoms with Gasteiger partial charge in [0.2, 0.25) is 0 Å². The summed E-state index contributed by atoms with van der Waals surface area (Å²) < 4.78 is 18.5. The summed E-state index contributed by atoms with van der Waals surface area (Å²) in [4.78, 5) is 0.434. The summed E-state index contributed by atoms with van der Waals surface area (Å²) >= 11 is 3.75. The van der Waals surface area contributed by atoms with Crippen molar-refractivity contribution in [2.45, 2.75) is 110 Å². The number of ether oxygens (including phenoxy) is 3. The molecule has 0 saturated carbocycles. The number of aryl methyl sites for hydroxylation is 1. The predicted molar refractivity (Wildman–Crippen MR) is 136 cm³/mol. The first-order valence-corrected chi connectivity index (χ1v) is 13.6. The van der Waals surface area contributed by atoms with Gasteiger partial charge in [0.25, 0.3) is 5.97 Å². The van der Waals surface area contributed by atoms with Crippen LogP contribution in [0.4, 0.5) is 0 Å². The van der Waals surface area contributed by atoms with Gasteiger partial charge in [-0.05, 0) is 57.6 Å². The lowest BCUT2D eigenvalue weighted by Crippen LogP contribution is -2.47. The molecule has 1 aromatic rings. The molecule has 0 amide bonds. The van der Waals surface area contributed by atoms with Gasteiger partial charge in [-0.2, -0.15) is 0 Å². The van der Waals surface area contributed by atoms with Crippen LogP contribution < -0.4 is 0 Å². The number of rotatable bonds is 19. The van der Waals surface area contributed by atoms with Crippen LogP contribution in [0.25, 0.3) is 0 Å². The first-order chi connectivity index (χ1) is 15.1. The van der Waals surface area contributed by atoms with E-state index in [0.29, 0.717) is 24.6 Å². The molecule has 0 N–H and O–H groups in total. The normalized spacial score (nSPS) is 14.0. The maximum Gasteiger partial charge on any atom is 0.285 e. The summed E-state index contributed by atoms with van der Waals surface area (Å²) in [6.45, 7) is 12.3. The SMILES string of the molecule is CCCCCCCCC(CCc1ccc(C(Br)CC)cc1)C(OCC)(OCC)OCC. The molecule has 0 aromatic heterocycles. The van der Waals surface area contributed by atoms with Crippen molar-refractivity contribution in [3.05, 3.63) is 35.4 Å². The maximum atomic E-state index is 6.17. The highest BCUT2D eigenvalue weighted by Gasteiger charge is 2.41. The van der Waals surface area contributed by atoms with Crippen molar-refractivity contribution in [2.75, 3.05) is 19.8 Å². The molecule has 0 aliphatic rings. The van der Waals surface area contributed by atoms with Crippen molar-refractivity contribution < 1.29 is 14.2 Å². The van der Waals surface area contributed by atoms with Crippen molar-refractivity contribution in [2.24, 2.45) is 5.92 Å². The molecule has 2 atom stereocenters. The average Bonchev–Trinajstić information content (AvgIpc) is 2.78. The zero-order valence-corrected chi connectivity index (χ0v) is 22.3. The van der Waals surface area contributed by atoms with Crippen LogP contribution in [0.5, 0.6) is 0 Å². The van der Waals surface area contributed by atoms with Crippen molar-refractivity contribution in [3.8, 4) is 0 Å². The molecule has 0 fully saturated rings. The van der Waals surface area contributed by atoms with Gasteiger partial charge in [0.1, 0.15) is 0 Å². The number of halogens is 1. The minimum Gasteiger partial charge on any atom is -0.328 e.